The molecule has 0 bridgehead atoms. The van der Waals surface area contributed by atoms with Crippen molar-refractivity contribution < 1.29 is 22.0 Å². The van der Waals surface area contributed by atoms with Crippen molar-refractivity contribution >= 4 is 6.34 Å². The van der Waals surface area contributed by atoms with Gasteiger partial charge in [0, 0.05) is 6.92 Å². The maximum atomic E-state index is 10.0. The molecule has 0 saturated carbocycles. The largest absolute Gasteiger partial charge is 1.00 e. The lowest BCUT2D eigenvalue weighted by Gasteiger charge is -2.33. The normalized spacial score (nSPS) is 20.0. The van der Waals surface area contributed by atoms with E-state index in [1.54, 1.807) is 0 Å². The van der Waals surface area contributed by atoms with E-state index in [4.69, 9.17) is 0 Å². The van der Waals surface area contributed by atoms with E-state index in [0.29, 0.717) is 4.48 Å². The van der Waals surface area contributed by atoms with Crippen LogP contribution in [0.15, 0.2) is 4.99 Å². The Balaban J connectivity index is 0.00000676. The summed E-state index contributed by atoms with van der Waals surface area (Å²) in [5.41, 5.74) is 0. The Kier molecular flexibility index (Phi) is 17.9. The van der Waals surface area contributed by atoms with Crippen molar-refractivity contribution in [2.75, 3.05) is 19.6 Å². The fourth-order valence-electron chi connectivity index (χ4n) is 4.12. The number of hydrogen-bond donors (Lipinski definition) is 1. The van der Waals surface area contributed by atoms with Gasteiger partial charge in [-0.15, -0.1) is 0 Å². The molecule has 1 aliphatic rings. The summed E-state index contributed by atoms with van der Waals surface area (Å²) < 4.78 is 0.693. The third-order valence-electron chi connectivity index (χ3n) is 6.13. The summed E-state index contributed by atoms with van der Waals surface area (Å²) in [6.07, 6.45) is 24.2. The quantitative estimate of drug-likeness (QED) is 0.276. The Hall–Kier alpha value is -0.120. The first-order valence-corrected chi connectivity index (χ1v) is 11.8. The number of rotatable bonds is 18. The van der Waals surface area contributed by atoms with E-state index >= 15 is 0 Å². The average molecular weight is 403 g/mol. The summed E-state index contributed by atoms with van der Waals surface area (Å²) in [6, 6.07) is 0. The minimum atomic E-state index is -0.308. The molecule has 4 heteroatoms. The minimum Gasteiger partial charge on any atom is -1.00 e. The standard InChI is InChI=1S/C23H47N2O.ClH/c1-3-4-5-6-7-8-9-10-11-12-13-14-15-16-17-18-20-25(23(2)26)21-19-24-22-25;/h22-23,26H,3-21H2,1-2H3;1H/q+1;/p-1. The van der Waals surface area contributed by atoms with Gasteiger partial charge in [0.05, 0.1) is 13.1 Å². The zero-order valence-electron chi connectivity index (χ0n) is 18.3. The molecule has 162 valence electrons. The van der Waals surface area contributed by atoms with E-state index in [0.717, 1.165) is 19.6 Å². The van der Waals surface area contributed by atoms with Crippen molar-refractivity contribution in [3.05, 3.63) is 0 Å². The van der Waals surface area contributed by atoms with Crippen molar-refractivity contribution in [2.24, 2.45) is 4.99 Å². The van der Waals surface area contributed by atoms with Gasteiger partial charge in [-0.1, -0.05) is 96.8 Å². The molecule has 0 aliphatic carbocycles. The number of aliphatic hydroxyl groups is 1. The Labute approximate surface area is 176 Å². The van der Waals surface area contributed by atoms with Gasteiger partial charge in [-0.2, -0.15) is 0 Å². The summed E-state index contributed by atoms with van der Waals surface area (Å²) in [6.45, 7) is 7.11. The van der Waals surface area contributed by atoms with Crippen molar-refractivity contribution in [3.8, 4) is 0 Å². The zero-order chi connectivity index (χ0) is 18.9. The van der Waals surface area contributed by atoms with Crippen LogP contribution in [0.5, 0.6) is 0 Å². The van der Waals surface area contributed by atoms with Crippen LogP contribution in [-0.2, 0) is 0 Å². The summed E-state index contributed by atoms with van der Waals surface area (Å²) in [7, 11) is 0. The van der Waals surface area contributed by atoms with Gasteiger partial charge in [0.2, 0.25) is 0 Å². The highest BCUT2D eigenvalue weighted by molar-refractivity contribution is 5.48. The van der Waals surface area contributed by atoms with E-state index in [1.807, 2.05) is 13.3 Å². The maximum Gasteiger partial charge on any atom is 0.193 e. The fraction of sp³-hybridized carbons (Fsp3) is 0.957. The van der Waals surface area contributed by atoms with E-state index in [9.17, 15) is 5.11 Å². The Morgan fingerprint density at radius 3 is 1.52 bits per heavy atom. The number of aliphatic hydroxyl groups excluding tert-OH is 1. The minimum absolute atomic E-state index is 0. The van der Waals surface area contributed by atoms with Crippen LogP contribution in [0.25, 0.3) is 0 Å². The van der Waals surface area contributed by atoms with Gasteiger partial charge < -0.3 is 17.5 Å². The molecule has 1 heterocycles. The number of nitrogens with zero attached hydrogens (tertiary/aromatic N) is 2. The molecule has 0 aromatic rings. The lowest BCUT2D eigenvalue weighted by Crippen LogP contribution is -3.00. The fourth-order valence-corrected chi connectivity index (χ4v) is 4.12. The van der Waals surface area contributed by atoms with E-state index < -0.39 is 0 Å². The van der Waals surface area contributed by atoms with Crippen LogP contribution in [0.3, 0.4) is 0 Å². The molecule has 0 radical (unpaired) electrons. The predicted molar refractivity (Wildman–Crippen MR) is 115 cm³/mol. The van der Waals surface area contributed by atoms with Gasteiger partial charge in [0.1, 0.15) is 6.54 Å². The smallest absolute Gasteiger partial charge is 0.193 e. The molecule has 0 amide bonds. The zero-order valence-corrected chi connectivity index (χ0v) is 19.1. The highest BCUT2D eigenvalue weighted by atomic mass is 35.5. The Bertz CT molecular complexity index is 349. The van der Waals surface area contributed by atoms with Gasteiger partial charge in [0.15, 0.2) is 12.6 Å². The molecule has 3 nitrogen and oxygen atoms in total. The number of unbranched alkanes of at least 4 members (excludes halogenated alkanes) is 15. The van der Waals surface area contributed by atoms with Gasteiger partial charge in [-0.05, 0) is 12.8 Å². The SMILES string of the molecule is CCCCCCCCCCCCCCCCCC[N+]1(C(C)O)C=NCC1.[Cl-]. The molecule has 2 unspecified atom stereocenters. The molecule has 0 aromatic carbocycles. The van der Waals surface area contributed by atoms with E-state index in [-0.39, 0.29) is 18.6 Å². The number of hydrogen-bond acceptors (Lipinski definition) is 2. The molecule has 1 rings (SSSR count). The predicted octanol–water partition coefficient (Wildman–Crippen LogP) is 3.45. The third kappa shape index (κ3) is 12.9. The van der Waals surface area contributed by atoms with Crippen LogP contribution in [-0.4, -0.2) is 41.8 Å². The van der Waals surface area contributed by atoms with Gasteiger partial charge in [-0.25, -0.2) is 4.99 Å². The number of halogens is 1. The van der Waals surface area contributed by atoms with Crippen molar-refractivity contribution in [1.82, 2.24) is 0 Å². The monoisotopic (exact) mass is 402 g/mol. The second kappa shape index (κ2) is 17.9. The summed E-state index contributed by atoms with van der Waals surface area (Å²) >= 11 is 0. The first-order chi connectivity index (χ1) is 12.7. The topological polar surface area (TPSA) is 32.6 Å². The molecule has 1 aliphatic heterocycles. The van der Waals surface area contributed by atoms with Crippen LogP contribution < -0.4 is 12.4 Å². The van der Waals surface area contributed by atoms with E-state index in [1.165, 1.54) is 103 Å². The number of quaternary nitrogens is 1. The summed E-state index contributed by atoms with van der Waals surface area (Å²) in [4.78, 5) is 4.34. The average Bonchev–Trinajstić information content (AvgIpc) is 3.12. The molecule has 2 atom stereocenters. The van der Waals surface area contributed by atoms with Crippen molar-refractivity contribution in [2.45, 2.75) is 123 Å². The van der Waals surface area contributed by atoms with Gasteiger partial charge in [0.25, 0.3) is 0 Å². The van der Waals surface area contributed by atoms with Crippen LogP contribution in [0, 0.1) is 0 Å². The molecule has 27 heavy (non-hydrogen) atoms. The highest BCUT2D eigenvalue weighted by Crippen LogP contribution is 2.17. The number of aliphatic imine (C=N–C) groups is 1. The molecule has 0 aromatic heterocycles. The molecular formula is C23H47ClN2O. The van der Waals surface area contributed by atoms with Crippen molar-refractivity contribution in [1.29, 1.82) is 0 Å². The molecule has 0 saturated heterocycles. The second-order valence-electron chi connectivity index (χ2n) is 8.51. The van der Waals surface area contributed by atoms with Crippen LogP contribution >= 0.6 is 0 Å². The third-order valence-corrected chi connectivity index (χ3v) is 6.13. The second-order valence-corrected chi connectivity index (χ2v) is 8.51. The van der Waals surface area contributed by atoms with Crippen LogP contribution in [0.1, 0.15) is 117 Å². The van der Waals surface area contributed by atoms with Gasteiger partial charge in [-0.3, -0.25) is 4.48 Å². The lowest BCUT2D eigenvalue weighted by molar-refractivity contribution is -0.877. The molecular weight excluding hydrogens is 356 g/mol. The summed E-state index contributed by atoms with van der Waals surface area (Å²) in [5.74, 6) is 0. The van der Waals surface area contributed by atoms with Crippen molar-refractivity contribution in [3.63, 3.8) is 0 Å². The van der Waals surface area contributed by atoms with E-state index in [2.05, 4.69) is 11.9 Å². The molecule has 0 fully saturated rings. The maximum absolute atomic E-state index is 10.0. The Morgan fingerprint density at radius 1 is 0.778 bits per heavy atom. The molecule has 1 N–H and O–H groups in total. The highest BCUT2D eigenvalue weighted by Gasteiger charge is 2.33. The first kappa shape index (κ1) is 26.9. The van der Waals surface area contributed by atoms with Crippen LogP contribution in [0.4, 0.5) is 0 Å². The first-order valence-electron chi connectivity index (χ1n) is 11.8. The van der Waals surface area contributed by atoms with Gasteiger partial charge >= 0.3 is 0 Å². The Morgan fingerprint density at radius 2 is 1.19 bits per heavy atom. The van der Waals surface area contributed by atoms with Crippen LogP contribution in [0.2, 0.25) is 0 Å². The summed E-state index contributed by atoms with van der Waals surface area (Å²) in [5, 5.41) is 10.0. The lowest BCUT2D eigenvalue weighted by atomic mass is 10.0. The molecule has 0 spiro atoms.